The molecular formula is C28H30N2O3S. The van der Waals surface area contributed by atoms with Crippen LogP contribution in [0.1, 0.15) is 41.3 Å². The molecule has 176 valence electrons. The number of anilines is 1. The molecule has 1 saturated heterocycles. The van der Waals surface area contributed by atoms with Crippen molar-refractivity contribution >= 4 is 29.0 Å². The minimum Gasteiger partial charge on any atom is -0.462 e. The van der Waals surface area contributed by atoms with E-state index in [1.54, 1.807) is 19.1 Å². The summed E-state index contributed by atoms with van der Waals surface area (Å²) in [4.78, 5) is 14.2. The molecule has 1 aliphatic heterocycles. The molecule has 3 aromatic rings. The second-order valence-electron chi connectivity index (χ2n) is 8.49. The van der Waals surface area contributed by atoms with Gasteiger partial charge >= 0.3 is 5.97 Å². The zero-order chi connectivity index (χ0) is 24.0. The van der Waals surface area contributed by atoms with Crippen molar-refractivity contribution in [2.75, 3.05) is 25.0 Å². The molecule has 0 radical (unpaired) electrons. The first-order valence-electron chi connectivity index (χ1n) is 11.7. The standard InChI is InChI=1S/C28H30N2O3S/c1-2-33-26(31)21-10-9-15-25(20-21)29-27(34)30-18-16-24(17-19-30)28(32,22-11-5-3-6-12-22)23-13-7-4-8-14-23/h3-15,20,24,32H,2,16-19H2,1H3,(H,29,34). The summed E-state index contributed by atoms with van der Waals surface area (Å²) in [6.07, 6.45) is 1.59. The summed E-state index contributed by atoms with van der Waals surface area (Å²) in [6, 6.07) is 27.0. The molecule has 34 heavy (non-hydrogen) atoms. The van der Waals surface area contributed by atoms with Crippen molar-refractivity contribution in [1.82, 2.24) is 4.90 Å². The molecule has 2 N–H and O–H groups in total. The lowest BCUT2D eigenvalue weighted by Gasteiger charge is -2.43. The largest absolute Gasteiger partial charge is 0.462 e. The average Bonchev–Trinajstić information content (AvgIpc) is 2.89. The number of hydrogen-bond acceptors (Lipinski definition) is 4. The van der Waals surface area contributed by atoms with Crippen LogP contribution in [0.5, 0.6) is 0 Å². The molecule has 0 saturated carbocycles. The summed E-state index contributed by atoms with van der Waals surface area (Å²) in [6.45, 7) is 3.59. The van der Waals surface area contributed by atoms with E-state index in [9.17, 15) is 9.90 Å². The van der Waals surface area contributed by atoms with Gasteiger partial charge in [0, 0.05) is 18.8 Å². The predicted octanol–water partition coefficient (Wildman–Crippen LogP) is 5.21. The van der Waals surface area contributed by atoms with Gasteiger partial charge in [-0.15, -0.1) is 0 Å². The average molecular weight is 475 g/mol. The van der Waals surface area contributed by atoms with Gasteiger partial charge in [0.15, 0.2) is 5.11 Å². The molecule has 0 aliphatic carbocycles. The highest BCUT2D eigenvalue weighted by Crippen LogP contribution is 2.41. The van der Waals surface area contributed by atoms with Crippen molar-refractivity contribution in [1.29, 1.82) is 0 Å². The first-order chi connectivity index (χ1) is 16.5. The highest BCUT2D eigenvalue weighted by molar-refractivity contribution is 7.80. The minimum absolute atomic E-state index is 0.0588. The minimum atomic E-state index is -1.06. The van der Waals surface area contributed by atoms with Crippen LogP contribution in [0.25, 0.3) is 0 Å². The van der Waals surface area contributed by atoms with Crippen molar-refractivity contribution < 1.29 is 14.6 Å². The summed E-state index contributed by atoms with van der Waals surface area (Å²) in [7, 11) is 0. The van der Waals surface area contributed by atoms with Crippen LogP contribution in [0.4, 0.5) is 5.69 Å². The number of nitrogens with zero attached hydrogens (tertiary/aromatic N) is 1. The topological polar surface area (TPSA) is 61.8 Å². The molecule has 3 aromatic carbocycles. The lowest BCUT2D eigenvalue weighted by molar-refractivity contribution is -0.00631. The third kappa shape index (κ3) is 5.13. The molecule has 1 aliphatic rings. The third-order valence-electron chi connectivity index (χ3n) is 6.43. The Balaban J connectivity index is 1.45. The van der Waals surface area contributed by atoms with E-state index in [0.29, 0.717) is 17.3 Å². The fourth-order valence-corrected chi connectivity index (χ4v) is 4.96. The molecule has 0 amide bonds. The van der Waals surface area contributed by atoms with E-state index < -0.39 is 5.60 Å². The molecular weight excluding hydrogens is 444 g/mol. The number of likely N-dealkylation sites (tertiary alicyclic amines) is 1. The van der Waals surface area contributed by atoms with Gasteiger partial charge in [-0.05, 0) is 67.2 Å². The molecule has 4 rings (SSSR count). The Morgan fingerprint density at radius 1 is 1.00 bits per heavy atom. The van der Waals surface area contributed by atoms with Gasteiger partial charge in [0.1, 0.15) is 5.60 Å². The van der Waals surface area contributed by atoms with Gasteiger partial charge in [0.05, 0.1) is 12.2 Å². The number of aliphatic hydroxyl groups is 1. The SMILES string of the molecule is CCOC(=O)c1cccc(NC(=S)N2CCC(C(O)(c3ccccc3)c3ccccc3)CC2)c1. The van der Waals surface area contributed by atoms with Gasteiger partial charge in [-0.3, -0.25) is 0 Å². The Kier molecular flexibility index (Phi) is 7.60. The Hall–Kier alpha value is -3.22. The van der Waals surface area contributed by atoms with Crippen LogP contribution in [0.2, 0.25) is 0 Å². The van der Waals surface area contributed by atoms with E-state index in [0.717, 1.165) is 42.7 Å². The molecule has 0 bridgehead atoms. The fraction of sp³-hybridized carbons (Fsp3) is 0.286. The smallest absolute Gasteiger partial charge is 0.338 e. The third-order valence-corrected chi connectivity index (χ3v) is 6.79. The van der Waals surface area contributed by atoms with Gasteiger partial charge < -0.3 is 20.1 Å². The molecule has 1 fully saturated rings. The second kappa shape index (κ2) is 10.8. The van der Waals surface area contributed by atoms with Crippen LogP contribution < -0.4 is 5.32 Å². The van der Waals surface area contributed by atoms with Crippen LogP contribution in [0.15, 0.2) is 84.9 Å². The highest BCUT2D eigenvalue weighted by Gasteiger charge is 2.41. The number of nitrogens with one attached hydrogen (secondary N) is 1. The number of hydrogen-bond donors (Lipinski definition) is 2. The van der Waals surface area contributed by atoms with Crippen molar-refractivity contribution in [3.8, 4) is 0 Å². The normalized spacial score (nSPS) is 14.5. The van der Waals surface area contributed by atoms with Crippen molar-refractivity contribution in [3.05, 3.63) is 102 Å². The van der Waals surface area contributed by atoms with E-state index in [1.165, 1.54) is 0 Å². The maximum Gasteiger partial charge on any atom is 0.338 e. The molecule has 0 aromatic heterocycles. The van der Waals surface area contributed by atoms with Crippen LogP contribution in [0.3, 0.4) is 0 Å². The zero-order valence-corrected chi connectivity index (χ0v) is 20.1. The lowest BCUT2D eigenvalue weighted by Crippen LogP contribution is -2.47. The van der Waals surface area contributed by atoms with E-state index in [2.05, 4.69) is 10.2 Å². The van der Waals surface area contributed by atoms with E-state index >= 15 is 0 Å². The summed E-state index contributed by atoms with van der Waals surface area (Å²) >= 11 is 5.67. The van der Waals surface area contributed by atoms with Crippen molar-refractivity contribution in [2.45, 2.75) is 25.4 Å². The molecule has 0 spiro atoms. The monoisotopic (exact) mass is 474 g/mol. The maximum absolute atomic E-state index is 12.1. The number of carbonyl (C=O) groups is 1. The van der Waals surface area contributed by atoms with Gasteiger partial charge in [-0.2, -0.15) is 0 Å². The maximum atomic E-state index is 12.1. The van der Waals surface area contributed by atoms with E-state index in [1.807, 2.05) is 72.8 Å². The number of rotatable bonds is 6. The van der Waals surface area contributed by atoms with Crippen molar-refractivity contribution in [3.63, 3.8) is 0 Å². The number of benzene rings is 3. The highest BCUT2D eigenvalue weighted by atomic mass is 32.1. The Morgan fingerprint density at radius 3 is 2.15 bits per heavy atom. The number of esters is 1. The number of piperidine rings is 1. The molecule has 5 nitrogen and oxygen atoms in total. The number of thiocarbonyl (C=S) groups is 1. The summed E-state index contributed by atoms with van der Waals surface area (Å²) in [5.41, 5.74) is 2.01. The summed E-state index contributed by atoms with van der Waals surface area (Å²) in [5, 5.41) is 15.9. The lowest BCUT2D eigenvalue weighted by atomic mass is 9.72. The van der Waals surface area contributed by atoms with Crippen LogP contribution in [0, 0.1) is 5.92 Å². The quantitative estimate of drug-likeness (QED) is 0.378. The number of carbonyl (C=O) groups excluding carboxylic acids is 1. The summed E-state index contributed by atoms with van der Waals surface area (Å²) < 4.78 is 5.09. The first kappa shape index (κ1) is 23.9. The molecule has 0 unspecified atom stereocenters. The number of ether oxygens (including phenoxy) is 1. The molecule has 6 heteroatoms. The Morgan fingerprint density at radius 2 is 1.59 bits per heavy atom. The Bertz CT molecular complexity index is 1070. The Labute approximate surface area is 206 Å². The fourth-order valence-electron chi connectivity index (χ4n) is 4.66. The second-order valence-corrected chi connectivity index (χ2v) is 8.88. The van der Waals surface area contributed by atoms with Gasteiger partial charge in [0.25, 0.3) is 0 Å². The van der Waals surface area contributed by atoms with E-state index in [-0.39, 0.29) is 11.9 Å². The van der Waals surface area contributed by atoms with E-state index in [4.69, 9.17) is 17.0 Å². The predicted molar refractivity (Wildman–Crippen MR) is 139 cm³/mol. The zero-order valence-electron chi connectivity index (χ0n) is 19.3. The first-order valence-corrected chi connectivity index (χ1v) is 12.1. The van der Waals surface area contributed by atoms with Crippen LogP contribution >= 0.6 is 12.2 Å². The molecule has 0 atom stereocenters. The van der Waals surface area contributed by atoms with Gasteiger partial charge in [-0.1, -0.05) is 66.7 Å². The molecule has 1 heterocycles. The summed E-state index contributed by atoms with van der Waals surface area (Å²) in [5.74, 6) is -0.289. The van der Waals surface area contributed by atoms with Gasteiger partial charge in [-0.25, -0.2) is 4.79 Å². The van der Waals surface area contributed by atoms with Crippen LogP contribution in [-0.2, 0) is 10.3 Å². The van der Waals surface area contributed by atoms with Gasteiger partial charge in [0.2, 0.25) is 0 Å². The van der Waals surface area contributed by atoms with Crippen molar-refractivity contribution in [2.24, 2.45) is 5.92 Å². The van der Waals surface area contributed by atoms with Crippen LogP contribution in [-0.4, -0.2) is 40.8 Å².